The summed E-state index contributed by atoms with van der Waals surface area (Å²) in [6, 6.07) is 1.03. The van der Waals surface area contributed by atoms with Gasteiger partial charge in [-0.1, -0.05) is 11.8 Å². The van der Waals surface area contributed by atoms with Crippen LogP contribution in [0.2, 0.25) is 0 Å². The molecule has 0 amide bonds. The summed E-state index contributed by atoms with van der Waals surface area (Å²) < 4.78 is 33.2. The minimum atomic E-state index is -2.81. The molecule has 0 aliphatic carbocycles. The third kappa shape index (κ3) is 2.56. The van der Waals surface area contributed by atoms with Gasteiger partial charge < -0.3 is 14.9 Å². The van der Waals surface area contributed by atoms with Gasteiger partial charge in [0.2, 0.25) is 5.67 Å². The minimum absolute atomic E-state index is 0.0635. The lowest BCUT2D eigenvalue weighted by atomic mass is 9.96. The van der Waals surface area contributed by atoms with Gasteiger partial charge in [-0.3, -0.25) is 14.3 Å². The van der Waals surface area contributed by atoms with Gasteiger partial charge in [-0.2, -0.15) is 0 Å². The molecule has 0 spiro atoms. The number of H-pyrrole nitrogens is 1. The number of aromatic nitrogens is 2. The molecule has 0 bridgehead atoms. The number of nitrogens with zero attached hydrogens (tertiary/aromatic N) is 1. The average molecular weight is 316 g/mol. The zero-order chi connectivity index (χ0) is 16.5. The number of ether oxygens (including phenoxy) is 1. The highest BCUT2D eigenvalue weighted by Gasteiger charge is 2.58. The van der Waals surface area contributed by atoms with Gasteiger partial charge in [-0.05, 0) is 6.92 Å². The second kappa shape index (κ2) is 6.00. The van der Waals surface area contributed by atoms with Gasteiger partial charge in [0.05, 0.1) is 6.61 Å². The standard InChI is InChI=1S/C13H14F2N2O5/c1-7-5-9(19)16-12(21)17(7)11-13(15,3-2-4-14)10(20)8(6-18)22-11/h5,8,10-11,18,20H,4,6H2,1H3,(H,16,19,21)/t8?,10?,11?,13-/m1/s1. The van der Waals surface area contributed by atoms with E-state index in [-0.39, 0.29) is 5.69 Å². The summed E-state index contributed by atoms with van der Waals surface area (Å²) in [7, 11) is 0. The van der Waals surface area contributed by atoms with Crippen LogP contribution >= 0.6 is 0 Å². The smallest absolute Gasteiger partial charge is 0.330 e. The van der Waals surface area contributed by atoms with Crippen LogP contribution in [-0.2, 0) is 4.74 Å². The Kier molecular flexibility index (Phi) is 4.46. The molecule has 3 N–H and O–H groups in total. The van der Waals surface area contributed by atoms with E-state index >= 15 is 4.39 Å². The zero-order valence-corrected chi connectivity index (χ0v) is 11.5. The second-order valence-corrected chi connectivity index (χ2v) is 4.81. The molecule has 120 valence electrons. The van der Waals surface area contributed by atoms with Crippen molar-refractivity contribution in [3.8, 4) is 11.8 Å². The van der Waals surface area contributed by atoms with E-state index in [1.165, 1.54) is 6.92 Å². The van der Waals surface area contributed by atoms with Crippen molar-refractivity contribution in [3.63, 3.8) is 0 Å². The van der Waals surface area contributed by atoms with Crippen LogP contribution in [0.4, 0.5) is 8.78 Å². The van der Waals surface area contributed by atoms with Crippen LogP contribution in [0, 0.1) is 18.8 Å². The molecule has 9 heteroatoms. The van der Waals surface area contributed by atoms with Crippen molar-refractivity contribution in [1.29, 1.82) is 0 Å². The van der Waals surface area contributed by atoms with Crippen LogP contribution in [0.3, 0.4) is 0 Å². The molecule has 1 aliphatic heterocycles. The number of halogens is 2. The number of hydrogen-bond acceptors (Lipinski definition) is 5. The van der Waals surface area contributed by atoms with Crippen molar-refractivity contribution in [3.05, 3.63) is 32.6 Å². The summed E-state index contributed by atoms with van der Waals surface area (Å²) in [5, 5.41) is 19.1. The molecule has 0 radical (unpaired) electrons. The average Bonchev–Trinajstić information content (AvgIpc) is 2.69. The molecule has 7 nitrogen and oxygen atoms in total. The topological polar surface area (TPSA) is 105 Å². The van der Waals surface area contributed by atoms with Gasteiger partial charge in [-0.15, -0.1) is 0 Å². The van der Waals surface area contributed by atoms with E-state index in [0.717, 1.165) is 10.6 Å². The molecule has 2 heterocycles. The number of aliphatic hydroxyl groups is 2. The lowest BCUT2D eigenvalue weighted by molar-refractivity contribution is -0.0552. The Hall–Kier alpha value is -2.02. The predicted octanol–water partition coefficient (Wildman–Crippen LogP) is -1.22. The minimum Gasteiger partial charge on any atom is -0.394 e. The molecule has 4 atom stereocenters. The van der Waals surface area contributed by atoms with Gasteiger partial charge in [0.15, 0.2) is 6.23 Å². The van der Waals surface area contributed by atoms with Gasteiger partial charge in [0.1, 0.15) is 18.9 Å². The molecule has 0 aromatic carbocycles. The molecule has 22 heavy (non-hydrogen) atoms. The van der Waals surface area contributed by atoms with Crippen LogP contribution < -0.4 is 11.2 Å². The summed E-state index contributed by atoms with van der Waals surface area (Å²) in [6.45, 7) is -0.520. The van der Waals surface area contributed by atoms with E-state index < -0.39 is 48.6 Å². The number of rotatable bonds is 2. The van der Waals surface area contributed by atoms with E-state index in [9.17, 15) is 19.1 Å². The fraction of sp³-hybridized carbons (Fsp3) is 0.538. The normalized spacial score (nSPS) is 30.9. The monoisotopic (exact) mass is 316 g/mol. The van der Waals surface area contributed by atoms with Crippen molar-refractivity contribution in [2.75, 3.05) is 13.3 Å². The molecule has 3 unspecified atom stereocenters. The summed E-state index contributed by atoms with van der Waals surface area (Å²) in [4.78, 5) is 25.1. The maximum atomic E-state index is 15.1. The Balaban J connectivity index is 2.62. The SMILES string of the molecule is Cc1cc(=O)[nH]c(=O)n1C1OC(CO)C(O)[C@]1(F)C#CCF. The molecular formula is C13H14F2N2O5. The van der Waals surface area contributed by atoms with Crippen molar-refractivity contribution in [2.24, 2.45) is 0 Å². The van der Waals surface area contributed by atoms with Crippen molar-refractivity contribution in [1.82, 2.24) is 9.55 Å². The third-order valence-corrected chi connectivity index (χ3v) is 3.38. The Labute approximate surface area is 123 Å². The number of aryl methyl sites for hydroxylation is 1. The highest BCUT2D eigenvalue weighted by atomic mass is 19.1. The summed E-state index contributed by atoms with van der Waals surface area (Å²) in [5.41, 5.74) is -4.40. The molecule has 1 aliphatic rings. The molecule has 1 saturated heterocycles. The molecule has 2 rings (SSSR count). The van der Waals surface area contributed by atoms with E-state index in [1.807, 2.05) is 16.8 Å². The number of hydrogen-bond donors (Lipinski definition) is 3. The first-order chi connectivity index (χ1) is 10.3. The van der Waals surface area contributed by atoms with Gasteiger partial charge in [0, 0.05) is 11.8 Å². The second-order valence-electron chi connectivity index (χ2n) is 4.81. The summed E-state index contributed by atoms with van der Waals surface area (Å²) in [6.07, 6.45) is -4.97. The van der Waals surface area contributed by atoms with Crippen LogP contribution in [0.1, 0.15) is 11.9 Å². The van der Waals surface area contributed by atoms with Crippen LogP contribution in [-0.4, -0.2) is 50.9 Å². The third-order valence-electron chi connectivity index (χ3n) is 3.38. The lowest BCUT2D eigenvalue weighted by Gasteiger charge is -2.25. The Morgan fingerprint density at radius 3 is 2.77 bits per heavy atom. The van der Waals surface area contributed by atoms with Gasteiger partial charge in [0.25, 0.3) is 5.56 Å². The Morgan fingerprint density at radius 2 is 2.23 bits per heavy atom. The van der Waals surface area contributed by atoms with Gasteiger partial charge >= 0.3 is 5.69 Å². The van der Waals surface area contributed by atoms with Crippen molar-refractivity contribution in [2.45, 2.75) is 31.0 Å². The van der Waals surface area contributed by atoms with Gasteiger partial charge in [-0.25, -0.2) is 13.6 Å². The highest BCUT2D eigenvalue weighted by Crippen LogP contribution is 2.40. The predicted molar refractivity (Wildman–Crippen MR) is 70.7 cm³/mol. The number of aromatic amines is 1. The quantitative estimate of drug-likeness (QED) is 0.593. The maximum Gasteiger partial charge on any atom is 0.330 e. The number of aliphatic hydroxyl groups excluding tert-OH is 2. The largest absolute Gasteiger partial charge is 0.394 e. The number of nitrogens with one attached hydrogen (secondary N) is 1. The molecule has 0 saturated carbocycles. The highest BCUT2D eigenvalue weighted by molar-refractivity contribution is 5.24. The van der Waals surface area contributed by atoms with Crippen LogP contribution in [0.25, 0.3) is 0 Å². The maximum absolute atomic E-state index is 15.1. The summed E-state index contributed by atoms with van der Waals surface area (Å²) >= 11 is 0. The first kappa shape index (κ1) is 16.4. The first-order valence-electron chi connectivity index (χ1n) is 6.37. The Bertz CT molecular complexity index is 734. The van der Waals surface area contributed by atoms with E-state index in [2.05, 4.69) is 0 Å². The summed E-state index contributed by atoms with van der Waals surface area (Å²) in [5.74, 6) is 3.77. The number of alkyl halides is 2. The fourth-order valence-electron chi connectivity index (χ4n) is 2.36. The molecular weight excluding hydrogens is 302 g/mol. The van der Waals surface area contributed by atoms with Crippen LogP contribution in [0.5, 0.6) is 0 Å². The van der Waals surface area contributed by atoms with Crippen molar-refractivity contribution >= 4 is 0 Å². The first-order valence-corrected chi connectivity index (χ1v) is 6.37. The molecule has 1 aromatic heterocycles. The van der Waals surface area contributed by atoms with Crippen LogP contribution in [0.15, 0.2) is 15.7 Å². The van der Waals surface area contributed by atoms with Crippen molar-refractivity contribution < 1.29 is 23.7 Å². The molecule has 1 fully saturated rings. The van der Waals surface area contributed by atoms with E-state index in [0.29, 0.717) is 0 Å². The molecule has 1 aromatic rings. The van der Waals surface area contributed by atoms with E-state index in [1.54, 1.807) is 0 Å². The zero-order valence-electron chi connectivity index (χ0n) is 11.5. The Morgan fingerprint density at radius 1 is 1.55 bits per heavy atom. The lowest BCUT2D eigenvalue weighted by Crippen LogP contribution is -2.45. The van der Waals surface area contributed by atoms with E-state index in [4.69, 9.17) is 9.84 Å². The fourth-order valence-corrected chi connectivity index (χ4v) is 2.36.